The molecule has 0 fully saturated rings. The molecule has 1 aliphatic carbocycles. The molecule has 14 rings (SSSR count). The Morgan fingerprint density at radius 1 is 0.351 bits per heavy atom. The Kier molecular flexibility index (Phi) is 10.8. The summed E-state index contributed by atoms with van der Waals surface area (Å²) in [5, 5.41) is 4.58. The summed E-state index contributed by atoms with van der Waals surface area (Å²) < 4.78 is 4.71. The topological polar surface area (TPSA) is 48.5 Å². The second-order valence-electron chi connectivity index (χ2n) is 22.3. The zero-order valence-corrected chi connectivity index (χ0v) is 44.0. The summed E-state index contributed by atoms with van der Waals surface area (Å²) in [4.78, 5) is 16.3. The van der Waals surface area contributed by atoms with Crippen LogP contribution < -0.4 is 0 Å². The van der Waals surface area contributed by atoms with Crippen molar-refractivity contribution in [1.82, 2.24) is 24.1 Å². The van der Waals surface area contributed by atoms with Gasteiger partial charge in [-0.05, 0) is 115 Å². The van der Waals surface area contributed by atoms with Crippen LogP contribution in [-0.4, -0.2) is 24.1 Å². The molecule has 10 aromatic carbocycles. The predicted molar refractivity (Wildman–Crippen MR) is 321 cm³/mol. The normalized spacial score (nSPS) is 14.8. The molecule has 370 valence electrons. The highest BCUT2D eigenvalue weighted by molar-refractivity contribution is 6.23. The molecule has 1 unspecified atom stereocenters. The van der Waals surface area contributed by atoms with E-state index in [1.165, 1.54) is 45.2 Å². The number of aromatic nitrogens is 5. The average Bonchev–Trinajstić information content (AvgIpc) is 4.25. The van der Waals surface area contributed by atoms with Crippen LogP contribution >= 0.6 is 0 Å². The number of hydrogen-bond donors (Lipinski definition) is 0. The minimum Gasteiger partial charge on any atom is -0.307 e. The molecule has 0 amide bonds. The summed E-state index contributed by atoms with van der Waals surface area (Å²) in [5.41, 5.74) is 19.7. The number of nitrogens with zero attached hydrogens (tertiary/aromatic N) is 5. The van der Waals surface area contributed by atoms with Crippen LogP contribution in [0.5, 0.6) is 0 Å². The maximum Gasteiger partial charge on any atom is 0.238 e. The SMILES string of the molecule is CC1CC(C)(C)c2ccc(-c3ccc(-c4ccc(-n5c6ccccc6c6ccc7c8ccccc8n(-c8nc(-c9cccc(-c%10ccccc%10)c9)nc(-c9cccc(-c%10ccccc%10)c9)n8)c7c65)cc4)cc3)cc2C1(C)C. The second-order valence-corrected chi connectivity index (χ2v) is 22.3. The van der Waals surface area contributed by atoms with Gasteiger partial charge >= 0.3 is 0 Å². The molecule has 0 N–H and O–H groups in total. The van der Waals surface area contributed by atoms with Gasteiger partial charge in [-0.3, -0.25) is 4.57 Å². The number of para-hydroxylation sites is 2. The Balaban J connectivity index is 0.931. The van der Waals surface area contributed by atoms with Crippen molar-refractivity contribution < 1.29 is 0 Å². The highest BCUT2D eigenvalue weighted by atomic mass is 15.2. The van der Waals surface area contributed by atoms with E-state index >= 15 is 0 Å². The average molecular weight is 992 g/mol. The fraction of sp³-hybridized carbons (Fsp3) is 0.125. The van der Waals surface area contributed by atoms with Crippen molar-refractivity contribution in [3.63, 3.8) is 0 Å². The van der Waals surface area contributed by atoms with Gasteiger partial charge in [-0.2, -0.15) is 9.97 Å². The molecule has 1 aliphatic rings. The van der Waals surface area contributed by atoms with Crippen LogP contribution in [0.25, 0.3) is 123 Å². The Morgan fingerprint density at radius 3 is 1.32 bits per heavy atom. The summed E-state index contributed by atoms with van der Waals surface area (Å²) in [6.07, 6.45) is 1.20. The smallest absolute Gasteiger partial charge is 0.238 e. The molecular formula is C72H57N5. The second kappa shape index (κ2) is 18.0. The minimum atomic E-state index is 0.118. The summed E-state index contributed by atoms with van der Waals surface area (Å²) in [5.74, 6) is 2.35. The van der Waals surface area contributed by atoms with Gasteiger partial charge < -0.3 is 4.57 Å². The molecule has 0 saturated heterocycles. The lowest BCUT2D eigenvalue weighted by Crippen LogP contribution is -2.40. The van der Waals surface area contributed by atoms with E-state index in [4.69, 9.17) is 15.0 Å². The van der Waals surface area contributed by atoms with Crippen LogP contribution in [0.4, 0.5) is 0 Å². The van der Waals surface area contributed by atoms with E-state index in [-0.39, 0.29) is 10.8 Å². The van der Waals surface area contributed by atoms with E-state index < -0.39 is 0 Å². The quantitative estimate of drug-likeness (QED) is 0.152. The van der Waals surface area contributed by atoms with Gasteiger partial charge in [0, 0.05) is 38.4 Å². The van der Waals surface area contributed by atoms with Gasteiger partial charge in [0.2, 0.25) is 5.95 Å². The largest absolute Gasteiger partial charge is 0.307 e. The molecule has 0 spiro atoms. The molecule has 13 aromatic rings. The highest BCUT2D eigenvalue weighted by Crippen LogP contribution is 2.50. The van der Waals surface area contributed by atoms with Crippen LogP contribution in [0.15, 0.2) is 237 Å². The molecule has 3 aromatic heterocycles. The van der Waals surface area contributed by atoms with Gasteiger partial charge in [0.05, 0.1) is 22.1 Å². The summed E-state index contributed by atoms with van der Waals surface area (Å²) in [6, 6.07) is 85.4. The molecule has 3 heterocycles. The molecule has 0 aliphatic heterocycles. The molecule has 0 bridgehead atoms. The summed E-state index contributed by atoms with van der Waals surface area (Å²) in [7, 11) is 0. The van der Waals surface area contributed by atoms with E-state index in [1.807, 2.05) is 0 Å². The van der Waals surface area contributed by atoms with Gasteiger partial charge in [0.1, 0.15) is 0 Å². The Bertz CT molecular complexity index is 4310. The van der Waals surface area contributed by atoms with Crippen molar-refractivity contribution in [3.8, 4) is 78.9 Å². The maximum atomic E-state index is 5.49. The molecule has 0 saturated carbocycles. The molecule has 77 heavy (non-hydrogen) atoms. The van der Waals surface area contributed by atoms with Crippen molar-refractivity contribution in [3.05, 3.63) is 248 Å². The molecule has 0 radical (unpaired) electrons. The first-order valence-corrected chi connectivity index (χ1v) is 27.0. The Morgan fingerprint density at radius 2 is 0.766 bits per heavy atom. The van der Waals surface area contributed by atoms with Crippen LogP contribution in [0, 0.1) is 5.92 Å². The first-order chi connectivity index (χ1) is 37.6. The predicted octanol–water partition coefficient (Wildman–Crippen LogP) is 18.7. The monoisotopic (exact) mass is 991 g/mol. The molecule has 5 heteroatoms. The van der Waals surface area contributed by atoms with E-state index in [0.717, 1.165) is 77.3 Å². The summed E-state index contributed by atoms with van der Waals surface area (Å²) in [6.45, 7) is 12.1. The lowest BCUT2D eigenvalue weighted by atomic mass is 9.58. The van der Waals surface area contributed by atoms with Crippen molar-refractivity contribution in [2.45, 2.75) is 51.9 Å². The van der Waals surface area contributed by atoms with Gasteiger partial charge in [-0.15, -0.1) is 0 Å². The molecule has 1 atom stereocenters. The summed E-state index contributed by atoms with van der Waals surface area (Å²) >= 11 is 0. The zero-order chi connectivity index (χ0) is 52.0. The van der Waals surface area contributed by atoms with Crippen LogP contribution in [0.3, 0.4) is 0 Å². The Hall–Kier alpha value is -9.19. The lowest BCUT2D eigenvalue weighted by Gasteiger charge is -2.46. The molecule has 5 nitrogen and oxygen atoms in total. The Labute approximate surface area is 449 Å². The van der Waals surface area contributed by atoms with Crippen LogP contribution in [-0.2, 0) is 10.8 Å². The van der Waals surface area contributed by atoms with E-state index in [9.17, 15) is 0 Å². The number of fused-ring (bicyclic) bond motifs is 8. The standard InChI is InChI=1S/C72H57N5/c1-46-45-71(2,3)62-41-36-54(44-63(62)72(46,4)5)51-32-30-49(31-33-51)50-34-37-57(38-35-50)76-64-28-14-12-26-58(64)60-39-40-61-59-27-13-15-29-65(59)77(67(61)66(60)76)70-74-68(55-24-16-22-52(42-55)47-18-8-6-9-19-47)73-69(75-70)56-25-17-23-53(43-56)48-20-10-7-11-21-48/h6-44,46H,45H2,1-5H3. The van der Waals surface area contributed by atoms with Gasteiger partial charge in [0.15, 0.2) is 11.6 Å². The third kappa shape index (κ3) is 7.79. The van der Waals surface area contributed by atoms with Crippen molar-refractivity contribution in [2.24, 2.45) is 5.92 Å². The van der Waals surface area contributed by atoms with Crippen molar-refractivity contribution >= 4 is 43.6 Å². The first-order valence-electron chi connectivity index (χ1n) is 27.0. The fourth-order valence-corrected chi connectivity index (χ4v) is 12.5. The minimum absolute atomic E-state index is 0.118. The first kappa shape index (κ1) is 46.3. The molecular weight excluding hydrogens is 935 g/mol. The zero-order valence-electron chi connectivity index (χ0n) is 44.0. The highest BCUT2D eigenvalue weighted by Gasteiger charge is 2.42. The van der Waals surface area contributed by atoms with Crippen molar-refractivity contribution in [1.29, 1.82) is 0 Å². The maximum absolute atomic E-state index is 5.49. The third-order valence-electron chi connectivity index (χ3n) is 16.9. The number of benzene rings is 10. The van der Waals surface area contributed by atoms with Gasteiger partial charge in [0.25, 0.3) is 0 Å². The number of rotatable bonds is 8. The van der Waals surface area contributed by atoms with Gasteiger partial charge in [-0.25, -0.2) is 4.98 Å². The van der Waals surface area contributed by atoms with E-state index in [2.05, 4.69) is 280 Å². The number of hydrogen-bond acceptors (Lipinski definition) is 3. The van der Waals surface area contributed by atoms with Crippen LogP contribution in [0.1, 0.15) is 52.2 Å². The van der Waals surface area contributed by atoms with Crippen LogP contribution in [0.2, 0.25) is 0 Å². The van der Waals surface area contributed by atoms with E-state index in [1.54, 1.807) is 0 Å². The van der Waals surface area contributed by atoms with Crippen molar-refractivity contribution in [2.75, 3.05) is 0 Å². The van der Waals surface area contributed by atoms with E-state index in [0.29, 0.717) is 23.5 Å². The fourth-order valence-electron chi connectivity index (χ4n) is 12.5. The van der Waals surface area contributed by atoms with Gasteiger partial charge in [-0.1, -0.05) is 235 Å². The third-order valence-corrected chi connectivity index (χ3v) is 16.9. The lowest BCUT2D eigenvalue weighted by molar-refractivity contribution is 0.233.